The minimum atomic E-state index is -1.21. The lowest BCUT2D eigenvalue weighted by Gasteiger charge is -2.04. The molecular formula is C10H8F2N4O. The molecule has 1 amide bonds. The number of H-pyrrole nitrogens is 1. The molecule has 0 saturated heterocycles. The SMILES string of the molecule is Nc1cn[nH]c1NC(=O)c1cccc(F)c1F. The highest BCUT2D eigenvalue weighted by atomic mass is 19.2. The van der Waals surface area contributed by atoms with Crippen molar-refractivity contribution in [2.45, 2.75) is 0 Å². The maximum Gasteiger partial charge on any atom is 0.259 e. The summed E-state index contributed by atoms with van der Waals surface area (Å²) in [7, 11) is 0. The van der Waals surface area contributed by atoms with Crippen LogP contribution < -0.4 is 11.1 Å². The van der Waals surface area contributed by atoms with Crippen LogP contribution in [-0.4, -0.2) is 16.1 Å². The number of anilines is 2. The number of carbonyl (C=O) groups is 1. The van der Waals surface area contributed by atoms with E-state index in [0.717, 1.165) is 6.07 Å². The number of hydrogen-bond donors (Lipinski definition) is 3. The molecule has 0 atom stereocenters. The average molecular weight is 238 g/mol. The topological polar surface area (TPSA) is 83.8 Å². The summed E-state index contributed by atoms with van der Waals surface area (Å²) in [4.78, 5) is 11.6. The van der Waals surface area contributed by atoms with E-state index >= 15 is 0 Å². The Bertz CT molecular complexity index is 567. The number of nitrogens with two attached hydrogens (primary N) is 1. The fraction of sp³-hybridized carbons (Fsp3) is 0. The number of amides is 1. The van der Waals surface area contributed by atoms with Crippen molar-refractivity contribution in [3.05, 3.63) is 41.6 Å². The molecule has 0 unspecified atom stereocenters. The Morgan fingerprint density at radius 1 is 1.41 bits per heavy atom. The number of benzene rings is 1. The lowest BCUT2D eigenvalue weighted by atomic mass is 10.2. The molecule has 17 heavy (non-hydrogen) atoms. The Morgan fingerprint density at radius 2 is 2.18 bits per heavy atom. The predicted octanol–water partition coefficient (Wildman–Crippen LogP) is 1.52. The van der Waals surface area contributed by atoms with Crippen molar-refractivity contribution in [3.63, 3.8) is 0 Å². The minimum absolute atomic E-state index is 0.138. The van der Waals surface area contributed by atoms with E-state index in [1.807, 2.05) is 0 Å². The second-order valence-corrected chi connectivity index (χ2v) is 3.26. The van der Waals surface area contributed by atoms with Crippen molar-refractivity contribution >= 4 is 17.4 Å². The first kappa shape index (κ1) is 11.1. The normalized spacial score (nSPS) is 10.2. The molecule has 0 fully saturated rings. The average Bonchev–Trinajstić information content (AvgIpc) is 2.68. The van der Waals surface area contributed by atoms with Crippen molar-refractivity contribution in [2.24, 2.45) is 0 Å². The number of nitrogens with one attached hydrogen (secondary N) is 2. The van der Waals surface area contributed by atoms with Crippen molar-refractivity contribution in [3.8, 4) is 0 Å². The van der Waals surface area contributed by atoms with Crippen molar-refractivity contribution < 1.29 is 13.6 Å². The van der Waals surface area contributed by atoms with Crippen molar-refractivity contribution in [2.75, 3.05) is 11.1 Å². The summed E-state index contributed by atoms with van der Waals surface area (Å²) < 4.78 is 26.2. The van der Waals surface area contributed by atoms with Crippen molar-refractivity contribution in [1.29, 1.82) is 0 Å². The van der Waals surface area contributed by atoms with Gasteiger partial charge in [0, 0.05) is 0 Å². The molecule has 0 bridgehead atoms. The molecule has 7 heteroatoms. The van der Waals surface area contributed by atoms with Crippen LogP contribution in [0.3, 0.4) is 0 Å². The third-order valence-corrected chi connectivity index (χ3v) is 2.10. The number of nitrogen functional groups attached to an aromatic ring is 1. The zero-order valence-corrected chi connectivity index (χ0v) is 8.50. The van der Waals surface area contributed by atoms with Crippen LogP contribution in [0.15, 0.2) is 24.4 Å². The first-order chi connectivity index (χ1) is 8.09. The maximum atomic E-state index is 13.3. The van der Waals surface area contributed by atoms with E-state index in [-0.39, 0.29) is 11.5 Å². The molecule has 1 heterocycles. The number of hydrogen-bond acceptors (Lipinski definition) is 3. The quantitative estimate of drug-likeness (QED) is 0.741. The first-order valence-corrected chi connectivity index (χ1v) is 4.64. The molecule has 5 nitrogen and oxygen atoms in total. The smallest absolute Gasteiger partial charge is 0.259 e. The van der Waals surface area contributed by atoms with Gasteiger partial charge in [-0.3, -0.25) is 9.89 Å². The zero-order valence-electron chi connectivity index (χ0n) is 8.50. The van der Waals surface area contributed by atoms with Crippen molar-refractivity contribution in [1.82, 2.24) is 10.2 Å². The lowest BCUT2D eigenvalue weighted by molar-refractivity contribution is 0.102. The van der Waals surface area contributed by atoms with Crippen LogP contribution in [-0.2, 0) is 0 Å². The number of aromatic amines is 1. The fourth-order valence-electron chi connectivity index (χ4n) is 1.26. The summed E-state index contributed by atoms with van der Waals surface area (Å²) >= 11 is 0. The van der Waals surface area contributed by atoms with Crippen LogP contribution in [0.1, 0.15) is 10.4 Å². The second kappa shape index (κ2) is 4.20. The first-order valence-electron chi connectivity index (χ1n) is 4.64. The Kier molecular flexibility index (Phi) is 2.73. The second-order valence-electron chi connectivity index (χ2n) is 3.26. The molecule has 0 saturated carbocycles. The van der Waals surface area contributed by atoms with Gasteiger partial charge in [0.1, 0.15) is 0 Å². The number of halogens is 2. The van der Waals surface area contributed by atoms with Gasteiger partial charge in [0.25, 0.3) is 5.91 Å². The van der Waals surface area contributed by atoms with E-state index in [1.54, 1.807) is 0 Å². The fourth-order valence-corrected chi connectivity index (χ4v) is 1.26. The van der Waals surface area contributed by atoms with Gasteiger partial charge in [0.05, 0.1) is 17.4 Å². The maximum absolute atomic E-state index is 13.3. The van der Waals surface area contributed by atoms with Gasteiger partial charge in [-0.1, -0.05) is 6.07 Å². The molecule has 4 N–H and O–H groups in total. The molecule has 0 aliphatic rings. The van der Waals surface area contributed by atoms with Gasteiger partial charge in [0.15, 0.2) is 17.5 Å². The van der Waals surface area contributed by atoms with Crippen LogP contribution in [0.5, 0.6) is 0 Å². The molecule has 2 rings (SSSR count). The van der Waals surface area contributed by atoms with E-state index in [9.17, 15) is 13.6 Å². The van der Waals surface area contributed by atoms with E-state index in [2.05, 4.69) is 15.5 Å². The number of carbonyl (C=O) groups excluding carboxylic acids is 1. The Labute approximate surface area is 94.6 Å². The molecule has 0 aliphatic heterocycles. The van der Waals surface area contributed by atoms with E-state index < -0.39 is 23.1 Å². The van der Waals surface area contributed by atoms with Crippen LogP contribution in [0.25, 0.3) is 0 Å². The third-order valence-electron chi connectivity index (χ3n) is 2.10. The lowest BCUT2D eigenvalue weighted by Crippen LogP contribution is -2.15. The van der Waals surface area contributed by atoms with Gasteiger partial charge in [-0.25, -0.2) is 8.78 Å². The van der Waals surface area contributed by atoms with Gasteiger partial charge in [0.2, 0.25) is 0 Å². The molecule has 0 aliphatic carbocycles. The summed E-state index contributed by atoms with van der Waals surface area (Å²) in [5, 5.41) is 8.28. The highest BCUT2D eigenvalue weighted by Crippen LogP contribution is 2.16. The third kappa shape index (κ3) is 2.07. The Hall–Kier alpha value is -2.44. The van der Waals surface area contributed by atoms with Gasteiger partial charge in [-0.15, -0.1) is 0 Å². The summed E-state index contributed by atoms with van der Waals surface area (Å²) in [5.41, 5.74) is 5.26. The van der Waals surface area contributed by atoms with Gasteiger partial charge < -0.3 is 11.1 Å². The van der Waals surface area contributed by atoms with E-state index in [4.69, 9.17) is 5.73 Å². The number of rotatable bonds is 2. The van der Waals surface area contributed by atoms with Crippen LogP contribution in [0.4, 0.5) is 20.3 Å². The van der Waals surface area contributed by atoms with Gasteiger partial charge in [-0.05, 0) is 12.1 Å². The molecule has 2 aromatic rings. The van der Waals surface area contributed by atoms with E-state index in [1.165, 1.54) is 18.3 Å². The van der Waals surface area contributed by atoms with Crippen LogP contribution in [0.2, 0.25) is 0 Å². The van der Waals surface area contributed by atoms with Gasteiger partial charge in [-0.2, -0.15) is 5.10 Å². The van der Waals surface area contributed by atoms with Crippen LogP contribution >= 0.6 is 0 Å². The number of nitrogens with zero attached hydrogens (tertiary/aromatic N) is 1. The highest BCUT2D eigenvalue weighted by Gasteiger charge is 2.16. The zero-order chi connectivity index (χ0) is 12.4. The summed E-state index contributed by atoms with van der Waals surface area (Å²) in [6.45, 7) is 0. The standard InChI is InChI=1S/C10H8F2N4O/c11-6-3-1-2-5(8(6)12)10(17)15-9-7(13)4-14-16-9/h1-4H,13H2,(H2,14,15,16,17). The largest absolute Gasteiger partial charge is 0.394 e. The predicted molar refractivity (Wildman–Crippen MR) is 57.3 cm³/mol. The molecule has 1 aromatic carbocycles. The Balaban J connectivity index is 2.27. The Morgan fingerprint density at radius 3 is 2.82 bits per heavy atom. The summed E-state index contributed by atoms with van der Waals surface area (Å²) in [5.74, 6) is -2.96. The molecule has 0 spiro atoms. The summed E-state index contributed by atoms with van der Waals surface area (Å²) in [6, 6.07) is 3.33. The number of aromatic nitrogens is 2. The monoisotopic (exact) mass is 238 g/mol. The molecular weight excluding hydrogens is 230 g/mol. The van der Waals surface area contributed by atoms with Gasteiger partial charge >= 0.3 is 0 Å². The minimum Gasteiger partial charge on any atom is -0.394 e. The molecule has 1 aromatic heterocycles. The van der Waals surface area contributed by atoms with Crippen LogP contribution in [0, 0.1) is 11.6 Å². The highest BCUT2D eigenvalue weighted by molar-refractivity contribution is 6.05. The summed E-state index contributed by atoms with van der Waals surface area (Å²) in [6.07, 6.45) is 1.29. The van der Waals surface area contributed by atoms with E-state index in [0.29, 0.717) is 0 Å². The molecule has 88 valence electrons. The molecule has 0 radical (unpaired) electrons.